The second kappa shape index (κ2) is 5.94. The first-order valence-electron chi connectivity index (χ1n) is 6.26. The Morgan fingerprint density at radius 3 is 2.63 bits per heavy atom. The Labute approximate surface area is 111 Å². The molecule has 0 amide bonds. The number of hydrogen-bond donors (Lipinski definition) is 1. The lowest BCUT2D eigenvalue weighted by Crippen LogP contribution is -2.45. The van der Waals surface area contributed by atoms with Crippen LogP contribution in [0.4, 0.5) is 0 Å². The third kappa shape index (κ3) is 3.62. The van der Waals surface area contributed by atoms with Crippen LogP contribution in [0, 0.1) is 0 Å². The predicted octanol–water partition coefficient (Wildman–Crippen LogP) is -0.811. The number of rotatable bonds is 4. The average molecular weight is 266 g/mol. The molecule has 0 saturated carbocycles. The topological polar surface area (TPSA) is 78.7 Å². The molecule has 0 aliphatic carbocycles. The van der Waals surface area contributed by atoms with Crippen LogP contribution in [0.25, 0.3) is 0 Å². The lowest BCUT2D eigenvalue weighted by atomic mass is 10.3. The molecule has 7 nitrogen and oxygen atoms in total. The molecule has 0 aromatic carbocycles. The Morgan fingerprint density at radius 1 is 1.32 bits per heavy atom. The minimum atomic E-state index is -1.23. The van der Waals surface area contributed by atoms with Crippen LogP contribution >= 0.6 is 0 Å². The largest absolute Gasteiger partial charge is 0.477 e. The van der Waals surface area contributed by atoms with E-state index in [1.165, 1.54) is 12.5 Å². The fourth-order valence-corrected chi connectivity index (χ4v) is 2.05. The van der Waals surface area contributed by atoms with E-state index in [-0.39, 0.29) is 5.56 Å². The summed E-state index contributed by atoms with van der Waals surface area (Å²) in [4.78, 5) is 30.3. The second-order valence-electron chi connectivity index (χ2n) is 4.78. The van der Waals surface area contributed by atoms with Gasteiger partial charge in [0.1, 0.15) is 5.56 Å². The smallest absolute Gasteiger partial charge is 0.342 e. The van der Waals surface area contributed by atoms with Gasteiger partial charge in [-0.15, -0.1) is 0 Å². The van der Waals surface area contributed by atoms with E-state index in [0.717, 1.165) is 32.7 Å². The summed E-state index contributed by atoms with van der Waals surface area (Å²) in [6.07, 6.45) is 2.75. The Bertz CT molecular complexity index is 506. The highest BCUT2D eigenvalue weighted by Crippen LogP contribution is 2.00. The summed E-state index contributed by atoms with van der Waals surface area (Å²) in [7, 11) is 2.10. The van der Waals surface area contributed by atoms with Crippen molar-refractivity contribution in [2.75, 3.05) is 39.8 Å². The minimum Gasteiger partial charge on any atom is -0.477 e. The zero-order valence-corrected chi connectivity index (χ0v) is 10.9. The molecule has 1 saturated heterocycles. The summed E-state index contributed by atoms with van der Waals surface area (Å²) in [6.45, 7) is 5.58. The van der Waals surface area contributed by atoms with Gasteiger partial charge in [0, 0.05) is 45.5 Å². The molecule has 1 N–H and O–H groups in total. The third-order valence-corrected chi connectivity index (χ3v) is 3.35. The van der Waals surface area contributed by atoms with Crippen molar-refractivity contribution in [2.45, 2.75) is 6.54 Å². The molecular weight excluding hydrogens is 248 g/mol. The lowest BCUT2D eigenvalue weighted by Gasteiger charge is -2.32. The Hall–Kier alpha value is -1.73. The van der Waals surface area contributed by atoms with Gasteiger partial charge in [0.05, 0.1) is 6.33 Å². The number of likely N-dealkylation sites (N-methyl/N-ethyl adjacent to an activating group) is 1. The van der Waals surface area contributed by atoms with E-state index >= 15 is 0 Å². The quantitative estimate of drug-likeness (QED) is 0.768. The van der Waals surface area contributed by atoms with E-state index in [4.69, 9.17) is 5.11 Å². The van der Waals surface area contributed by atoms with Crippen molar-refractivity contribution in [3.63, 3.8) is 0 Å². The molecule has 1 aliphatic heterocycles. The fraction of sp³-hybridized carbons (Fsp3) is 0.583. The van der Waals surface area contributed by atoms with Gasteiger partial charge in [0.25, 0.3) is 5.56 Å². The van der Waals surface area contributed by atoms with E-state index in [2.05, 4.69) is 21.8 Å². The van der Waals surface area contributed by atoms with Crippen LogP contribution in [0.5, 0.6) is 0 Å². The number of hydrogen-bond acceptors (Lipinski definition) is 5. The summed E-state index contributed by atoms with van der Waals surface area (Å²) < 4.78 is 1.66. The molecule has 1 fully saturated rings. The van der Waals surface area contributed by atoms with Gasteiger partial charge in [-0.3, -0.25) is 9.69 Å². The van der Waals surface area contributed by atoms with Crippen LogP contribution in [0.2, 0.25) is 0 Å². The fourth-order valence-electron chi connectivity index (χ4n) is 2.05. The summed E-state index contributed by atoms with van der Waals surface area (Å²) in [5.74, 6) is -1.23. The lowest BCUT2D eigenvalue weighted by molar-refractivity contribution is 0.0693. The summed E-state index contributed by atoms with van der Waals surface area (Å²) >= 11 is 0. The maximum atomic E-state index is 11.2. The first-order chi connectivity index (χ1) is 9.06. The predicted molar refractivity (Wildman–Crippen MR) is 69.4 cm³/mol. The number of carboxylic acids is 1. The third-order valence-electron chi connectivity index (χ3n) is 3.35. The van der Waals surface area contributed by atoms with Crippen molar-refractivity contribution >= 4 is 5.97 Å². The van der Waals surface area contributed by atoms with Crippen molar-refractivity contribution in [2.24, 2.45) is 0 Å². The van der Waals surface area contributed by atoms with Crippen molar-refractivity contribution in [3.8, 4) is 0 Å². The zero-order chi connectivity index (χ0) is 13.8. The number of carbonyl (C=O) groups is 1. The minimum absolute atomic E-state index is 0.277. The van der Waals surface area contributed by atoms with Crippen LogP contribution in [0.15, 0.2) is 17.3 Å². The first kappa shape index (κ1) is 13.7. The van der Waals surface area contributed by atoms with E-state index in [1.54, 1.807) is 4.57 Å². The molecule has 1 aliphatic rings. The number of piperazine rings is 1. The van der Waals surface area contributed by atoms with Gasteiger partial charge in [-0.2, -0.15) is 4.98 Å². The average Bonchev–Trinajstić information content (AvgIpc) is 2.39. The molecule has 0 bridgehead atoms. The highest BCUT2D eigenvalue weighted by molar-refractivity contribution is 5.86. The second-order valence-corrected chi connectivity index (χ2v) is 4.78. The van der Waals surface area contributed by atoms with Gasteiger partial charge in [-0.05, 0) is 7.05 Å². The van der Waals surface area contributed by atoms with E-state index in [1.807, 2.05) is 0 Å². The maximum Gasteiger partial charge on any atom is 0.342 e. The van der Waals surface area contributed by atoms with Crippen LogP contribution in [0.1, 0.15) is 10.4 Å². The van der Waals surface area contributed by atoms with Crippen LogP contribution in [-0.2, 0) is 6.54 Å². The SMILES string of the molecule is CN1CCN(CCn2cnc(=O)c(C(=O)O)c2)CC1. The van der Waals surface area contributed by atoms with Gasteiger partial charge in [0.2, 0.25) is 0 Å². The van der Waals surface area contributed by atoms with Crippen molar-refractivity contribution in [1.82, 2.24) is 19.4 Å². The monoisotopic (exact) mass is 266 g/mol. The molecule has 2 heterocycles. The van der Waals surface area contributed by atoms with E-state index in [0.29, 0.717) is 6.54 Å². The van der Waals surface area contributed by atoms with Crippen LogP contribution in [-0.4, -0.2) is 70.2 Å². The summed E-state index contributed by atoms with van der Waals surface area (Å²) in [5.41, 5.74) is -0.968. The molecule has 1 aromatic heterocycles. The van der Waals surface area contributed by atoms with Crippen molar-refractivity contribution in [1.29, 1.82) is 0 Å². The van der Waals surface area contributed by atoms with Crippen molar-refractivity contribution < 1.29 is 9.90 Å². The summed E-state index contributed by atoms with van der Waals surface area (Å²) in [5, 5.41) is 8.87. The molecule has 0 spiro atoms. The Balaban J connectivity index is 1.94. The molecular formula is C12H18N4O3. The number of aromatic nitrogens is 2. The number of carboxylic acid groups (broad SMARTS) is 1. The van der Waals surface area contributed by atoms with Gasteiger partial charge >= 0.3 is 5.97 Å². The zero-order valence-electron chi connectivity index (χ0n) is 10.9. The summed E-state index contributed by atoms with van der Waals surface area (Å²) in [6, 6.07) is 0. The molecule has 0 atom stereocenters. The molecule has 104 valence electrons. The molecule has 0 radical (unpaired) electrons. The highest BCUT2D eigenvalue weighted by atomic mass is 16.4. The molecule has 0 unspecified atom stereocenters. The molecule has 1 aromatic rings. The molecule has 7 heteroatoms. The first-order valence-corrected chi connectivity index (χ1v) is 6.26. The van der Waals surface area contributed by atoms with Gasteiger partial charge in [-0.25, -0.2) is 4.79 Å². The van der Waals surface area contributed by atoms with E-state index in [9.17, 15) is 9.59 Å². The Kier molecular flexibility index (Phi) is 4.28. The number of nitrogens with zero attached hydrogens (tertiary/aromatic N) is 4. The van der Waals surface area contributed by atoms with Crippen LogP contribution in [0.3, 0.4) is 0 Å². The van der Waals surface area contributed by atoms with Gasteiger partial charge in [0.15, 0.2) is 0 Å². The van der Waals surface area contributed by atoms with E-state index < -0.39 is 11.5 Å². The van der Waals surface area contributed by atoms with Gasteiger partial charge < -0.3 is 14.6 Å². The standard InChI is InChI=1S/C12H18N4O3/c1-14-2-4-15(5-3-14)6-7-16-8-10(12(18)19)11(17)13-9-16/h8-9H,2-7H2,1H3,(H,18,19). The normalized spacial score (nSPS) is 17.5. The highest BCUT2D eigenvalue weighted by Gasteiger charge is 2.14. The molecule has 2 rings (SSSR count). The van der Waals surface area contributed by atoms with Crippen molar-refractivity contribution in [3.05, 3.63) is 28.4 Å². The maximum absolute atomic E-state index is 11.2. The number of aromatic carboxylic acids is 1. The van der Waals surface area contributed by atoms with Crippen LogP contribution < -0.4 is 5.56 Å². The van der Waals surface area contributed by atoms with Gasteiger partial charge in [-0.1, -0.05) is 0 Å². The Morgan fingerprint density at radius 2 is 2.00 bits per heavy atom. The molecule has 19 heavy (non-hydrogen) atoms.